The van der Waals surface area contributed by atoms with Crippen molar-refractivity contribution in [2.45, 2.75) is 6.18 Å². The van der Waals surface area contributed by atoms with Crippen LogP contribution in [0.3, 0.4) is 0 Å². The Morgan fingerprint density at radius 2 is 1.64 bits per heavy atom. The lowest BCUT2D eigenvalue weighted by atomic mass is 9.93. The molecule has 2 aromatic carbocycles. The Bertz CT molecular complexity index is 921. The Kier molecular flexibility index (Phi) is 4.27. The van der Waals surface area contributed by atoms with Crippen LogP contribution in [0.5, 0.6) is 0 Å². The maximum Gasteiger partial charge on any atom is 0.416 e. The van der Waals surface area contributed by atoms with Crippen LogP contribution in [-0.2, 0) is 6.18 Å². The van der Waals surface area contributed by atoms with Gasteiger partial charge in [0.15, 0.2) is 0 Å². The zero-order chi connectivity index (χ0) is 18.0. The number of nitrogens with zero attached hydrogens (tertiary/aromatic N) is 1. The fourth-order valence-electron chi connectivity index (χ4n) is 2.60. The largest absolute Gasteiger partial charge is 0.416 e. The molecule has 2 N–H and O–H groups in total. The van der Waals surface area contributed by atoms with E-state index in [-0.39, 0.29) is 11.1 Å². The van der Waals surface area contributed by atoms with Crippen LogP contribution in [0, 0.1) is 0 Å². The van der Waals surface area contributed by atoms with Crippen molar-refractivity contribution in [2.24, 2.45) is 5.73 Å². The fraction of sp³-hybridized carbons (Fsp3) is 0.0526. The molecule has 0 aliphatic carbocycles. The first-order valence-corrected chi connectivity index (χ1v) is 7.38. The molecule has 0 aliphatic heterocycles. The second-order valence-corrected chi connectivity index (χ2v) is 5.45. The second kappa shape index (κ2) is 6.39. The molecule has 6 heteroatoms. The smallest absolute Gasteiger partial charge is 0.366 e. The van der Waals surface area contributed by atoms with Crippen LogP contribution >= 0.6 is 0 Å². The summed E-state index contributed by atoms with van der Waals surface area (Å²) in [7, 11) is 0. The summed E-state index contributed by atoms with van der Waals surface area (Å²) < 4.78 is 40.0. The van der Waals surface area contributed by atoms with Crippen molar-refractivity contribution in [1.29, 1.82) is 0 Å². The minimum absolute atomic E-state index is 0.166. The predicted octanol–water partition coefficient (Wildman–Crippen LogP) is 4.53. The number of hydrogen-bond acceptors (Lipinski definition) is 2. The highest BCUT2D eigenvalue weighted by Gasteiger charge is 2.31. The number of nitrogens with two attached hydrogens (primary N) is 1. The van der Waals surface area contributed by atoms with E-state index >= 15 is 0 Å². The number of carbonyl (C=O) groups excluding carboxylic acids is 1. The Balaban J connectivity index is 2.26. The number of alkyl halides is 3. The topological polar surface area (TPSA) is 56.0 Å². The third-order valence-corrected chi connectivity index (χ3v) is 3.76. The van der Waals surface area contributed by atoms with Crippen molar-refractivity contribution >= 4 is 5.91 Å². The lowest BCUT2D eigenvalue weighted by Gasteiger charge is -2.14. The van der Waals surface area contributed by atoms with Gasteiger partial charge < -0.3 is 5.73 Å². The van der Waals surface area contributed by atoms with Crippen LogP contribution in [-0.4, -0.2) is 10.9 Å². The van der Waals surface area contributed by atoms with Crippen LogP contribution in [0.2, 0.25) is 0 Å². The highest BCUT2D eigenvalue weighted by atomic mass is 19.4. The molecule has 0 spiro atoms. The number of halogens is 3. The summed E-state index contributed by atoms with van der Waals surface area (Å²) in [5, 5.41) is 0. The molecule has 1 amide bonds. The van der Waals surface area contributed by atoms with E-state index in [2.05, 4.69) is 4.98 Å². The third kappa shape index (κ3) is 3.52. The van der Waals surface area contributed by atoms with E-state index in [1.807, 2.05) is 0 Å². The Labute approximate surface area is 141 Å². The maximum absolute atomic E-state index is 13.3. The second-order valence-electron chi connectivity index (χ2n) is 5.45. The minimum atomic E-state index is -4.52. The van der Waals surface area contributed by atoms with E-state index in [1.165, 1.54) is 12.3 Å². The summed E-state index contributed by atoms with van der Waals surface area (Å²) in [5.74, 6) is -0.698. The average molecular weight is 342 g/mol. The minimum Gasteiger partial charge on any atom is -0.366 e. The number of pyridine rings is 1. The maximum atomic E-state index is 13.3. The van der Waals surface area contributed by atoms with Gasteiger partial charge >= 0.3 is 6.18 Å². The molecule has 3 nitrogen and oxygen atoms in total. The van der Waals surface area contributed by atoms with Crippen molar-refractivity contribution < 1.29 is 18.0 Å². The molecule has 25 heavy (non-hydrogen) atoms. The van der Waals surface area contributed by atoms with Crippen LogP contribution in [0.4, 0.5) is 13.2 Å². The molecular formula is C19H13F3N2O. The van der Waals surface area contributed by atoms with E-state index < -0.39 is 17.6 Å². The molecule has 1 aromatic heterocycles. The summed E-state index contributed by atoms with van der Waals surface area (Å²) in [6.07, 6.45) is -1.49. The SMILES string of the molecule is NC(=O)c1ccccc1-c1cc(-c2cccnc2)cc(C(F)(F)F)c1. The fourth-order valence-corrected chi connectivity index (χ4v) is 2.60. The highest BCUT2D eigenvalue weighted by Crippen LogP contribution is 2.37. The molecule has 3 aromatic rings. The van der Waals surface area contributed by atoms with Gasteiger partial charge in [-0.05, 0) is 47.0 Å². The predicted molar refractivity (Wildman–Crippen MR) is 88.6 cm³/mol. The van der Waals surface area contributed by atoms with Crippen LogP contribution in [0.15, 0.2) is 67.0 Å². The zero-order valence-corrected chi connectivity index (χ0v) is 12.9. The van der Waals surface area contributed by atoms with Gasteiger partial charge in [0.05, 0.1) is 5.56 Å². The lowest BCUT2D eigenvalue weighted by molar-refractivity contribution is -0.137. The van der Waals surface area contributed by atoms with E-state index in [4.69, 9.17) is 5.73 Å². The molecule has 126 valence electrons. The third-order valence-electron chi connectivity index (χ3n) is 3.76. The molecule has 3 rings (SSSR count). The molecular weight excluding hydrogens is 329 g/mol. The Morgan fingerprint density at radius 3 is 2.28 bits per heavy atom. The van der Waals surface area contributed by atoms with Gasteiger partial charge in [0.25, 0.3) is 0 Å². The first-order valence-electron chi connectivity index (χ1n) is 7.38. The lowest BCUT2D eigenvalue weighted by Crippen LogP contribution is -2.12. The van der Waals surface area contributed by atoms with Crippen LogP contribution < -0.4 is 5.73 Å². The normalized spacial score (nSPS) is 11.3. The first-order chi connectivity index (χ1) is 11.9. The Hall–Kier alpha value is -3.15. The molecule has 1 heterocycles. The summed E-state index contributed by atoms with van der Waals surface area (Å²) >= 11 is 0. The molecule has 0 atom stereocenters. The molecule has 0 aliphatic rings. The van der Waals surface area contributed by atoms with Crippen molar-refractivity contribution in [3.8, 4) is 22.3 Å². The van der Waals surface area contributed by atoms with Crippen molar-refractivity contribution in [3.63, 3.8) is 0 Å². The number of carbonyl (C=O) groups is 1. The number of rotatable bonds is 3. The van der Waals surface area contributed by atoms with Gasteiger partial charge in [-0.15, -0.1) is 0 Å². The highest BCUT2D eigenvalue weighted by molar-refractivity contribution is 6.00. The summed E-state index contributed by atoms with van der Waals surface area (Å²) in [6, 6.07) is 13.3. The summed E-state index contributed by atoms with van der Waals surface area (Å²) in [4.78, 5) is 15.6. The van der Waals surface area contributed by atoms with E-state index in [1.54, 1.807) is 42.6 Å². The number of aromatic nitrogens is 1. The van der Waals surface area contributed by atoms with Gasteiger partial charge in [-0.2, -0.15) is 13.2 Å². The molecule has 0 fully saturated rings. The number of primary amides is 1. The van der Waals surface area contributed by atoms with E-state index in [0.717, 1.165) is 12.1 Å². The van der Waals surface area contributed by atoms with Gasteiger partial charge in [0.1, 0.15) is 0 Å². The van der Waals surface area contributed by atoms with Gasteiger partial charge in [0, 0.05) is 23.5 Å². The number of amides is 1. The monoisotopic (exact) mass is 342 g/mol. The summed E-state index contributed by atoms with van der Waals surface area (Å²) in [5.41, 5.74) is 6.24. The van der Waals surface area contributed by atoms with Crippen LogP contribution in [0.1, 0.15) is 15.9 Å². The van der Waals surface area contributed by atoms with Gasteiger partial charge in [0.2, 0.25) is 5.91 Å². The van der Waals surface area contributed by atoms with Crippen molar-refractivity contribution in [1.82, 2.24) is 4.98 Å². The molecule has 0 bridgehead atoms. The molecule has 0 unspecified atom stereocenters. The zero-order valence-electron chi connectivity index (χ0n) is 12.9. The van der Waals surface area contributed by atoms with E-state index in [9.17, 15) is 18.0 Å². The standard InChI is InChI=1S/C19H13F3N2O/c20-19(21,22)15-9-13(12-4-3-7-24-11-12)8-14(10-15)16-5-1-2-6-17(16)18(23)25/h1-11H,(H2,23,25). The van der Waals surface area contributed by atoms with Crippen LogP contribution in [0.25, 0.3) is 22.3 Å². The number of benzene rings is 2. The number of hydrogen-bond donors (Lipinski definition) is 1. The van der Waals surface area contributed by atoms with Gasteiger partial charge in [-0.25, -0.2) is 0 Å². The van der Waals surface area contributed by atoms with Crippen molar-refractivity contribution in [2.75, 3.05) is 0 Å². The van der Waals surface area contributed by atoms with Gasteiger partial charge in [-0.1, -0.05) is 24.3 Å². The first kappa shape index (κ1) is 16.7. The van der Waals surface area contributed by atoms with Gasteiger partial charge in [-0.3, -0.25) is 9.78 Å². The Morgan fingerprint density at radius 1 is 0.920 bits per heavy atom. The molecule has 0 saturated carbocycles. The van der Waals surface area contributed by atoms with E-state index in [0.29, 0.717) is 16.7 Å². The quantitative estimate of drug-likeness (QED) is 0.760. The molecule has 0 radical (unpaired) electrons. The van der Waals surface area contributed by atoms with Crippen molar-refractivity contribution in [3.05, 3.63) is 78.1 Å². The summed E-state index contributed by atoms with van der Waals surface area (Å²) in [6.45, 7) is 0. The average Bonchev–Trinajstić information content (AvgIpc) is 2.61. The molecule has 0 saturated heterocycles.